The standard InChI is InChI=1S/C13H28N2O/c1-15(9-6-10-16-2)12-13(11-14)7-4-3-5-8-13/h3-12,14H2,1-2H3. The molecule has 3 nitrogen and oxygen atoms in total. The monoisotopic (exact) mass is 228 g/mol. The molecule has 0 radical (unpaired) electrons. The van der Waals surface area contributed by atoms with E-state index in [-0.39, 0.29) is 0 Å². The van der Waals surface area contributed by atoms with Crippen LogP contribution in [0.25, 0.3) is 0 Å². The third-order valence-corrected chi connectivity index (χ3v) is 3.84. The molecule has 1 aliphatic carbocycles. The van der Waals surface area contributed by atoms with Crippen molar-refractivity contribution in [2.75, 3.05) is 40.4 Å². The lowest BCUT2D eigenvalue weighted by atomic mass is 9.74. The number of rotatable bonds is 7. The quantitative estimate of drug-likeness (QED) is 0.676. The normalized spacial score (nSPS) is 20.2. The summed E-state index contributed by atoms with van der Waals surface area (Å²) in [6, 6.07) is 0. The van der Waals surface area contributed by atoms with Gasteiger partial charge in [-0.25, -0.2) is 0 Å². The van der Waals surface area contributed by atoms with Crippen LogP contribution in [0.2, 0.25) is 0 Å². The number of nitrogens with zero attached hydrogens (tertiary/aromatic N) is 1. The Balaban J connectivity index is 2.30. The van der Waals surface area contributed by atoms with Gasteiger partial charge in [-0.3, -0.25) is 0 Å². The molecule has 1 aliphatic rings. The second kappa shape index (κ2) is 7.25. The number of methoxy groups -OCH3 is 1. The minimum atomic E-state index is 0.403. The first-order valence-corrected chi connectivity index (χ1v) is 6.60. The molecule has 0 saturated heterocycles. The molecule has 0 bridgehead atoms. The van der Waals surface area contributed by atoms with Crippen molar-refractivity contribution in [2.45, 2.75) is 38.5 Å². The molecule has 1 fully saturated rings. The highest BCUT2D eigenvalue weighted by Gasteiger charge is 2.31. The fourth-order valence-corrected chi connectivity index (χ4v) is 2.86. The van der Waals surface area contributed by atoms with Crippen molar-refractivity contribution in [3.8, 4) is 0 Å². The van der Waals surface area contributed by atoms with Crippen molar-refractivity contribution in [2.24, 2.45) is 11.1 Å². The van der Waals surface area contributed by atoms with Crippen molar-refractivity contribution < 1.29 is 4.74 Å². The van der Waals surface area contributed by atoms with Gasteiger partial charge < -0.3 is 15.4 Å². The zero-order valence-corrected chi connectivity index (χ0v) is 11.0. The second-order valence-corrected chi connectivity index (χ2v) is 5.35. The zero-order chi connectivity index (χ0) is 11.9. The number of hydrogen-bond donors (Lipinski definition) is 1. The minimum absolute atomic E-state index is 0.403. The van der Waals surface area contributed by atoms with Gasteiger partial charge in [-0.15, -0.1) is 0 Å². The number of nitrogens with two attached hydrogens (primary N) is 1. The SMILES string of the molecule is COCCCN(C)CC1(CN)CCCCC1. The molecule has 3 heteroatoms. The van der Waals surface area contributed by atoms with Crippen LogP contribution in [0, 0.1) is 5.41 Å². The van der Waals surface area contributed by atoms with Gasteiger partial charge in [0.05, 0.1) is 0 Å². The molecule has 16 heavy (non-hydrogen) atoms. The lowest BCUT2D eigenvalue weighted by Crippen LogP contribution is -2.43. The van der Waals surface area contributed by atoms with Crippen LogP contribution in [0.1, 0.15) is 38.5 Å². The topological polar surface area (TPSA) is 38.5 Å². The first-order chi connectivity index (χ1) is 7.72. The highest BCUT2D eigenvalue weighted by molar-refractivity contribution is 4.86. The van der Waals surface area contributed by atoms with Crippen molar-refractivity contribution >= 4 is 0 Å². The molecule has 1 rings (SSSR count). The summed E-state index contributed by atoms with van der Waals surface area (Å²) in [5.41, 5.74) is 6.39. The summed E-state index contributed by atoms with van der Waals surface area (Å²) >= 11 is 0. The van der Waals surface area contributed by atoms with E-state index in [4.69, 9.17) is 10.5 Å². The molecule has 0 aromatic heterocycles. The predicted octanol–water partition coefficient (Wildman–Crippen LogP) is 1.86. The summed E-state index contributed by atoms with van der Waals surface area (Å²) in [4.78, 5) is 2.43. The maximum atomic E-state index is 5.99. The highest BCUT2D eigenvalue weighted by atomic mass is 16.5. The van der Waals surface area contributed by atoms with Gasteiger partial charge in [0.1, 0.15) is 0 Å². The molecule has 0 aliphatic heterocycles. The molecule has 0 atom stereocenters. The first-order valence-electron chi connectivity index (χ1n) is 6.60. The molecule has 0 unspecified atom stereocenters. The summed E-state index contributed by atoms with van der Waals surface area (Å²) in [5.74, 6) is 0. The summed E-state index contributed by atoms with van der Waals surface area (Å²) in [6.45, 7) is 3.99. The molecular weight excluding hydrogens is 200 g/mol. The van der Waals surface area contributed by atoms with E-state index < -0.39 is 0 Å². The Bertz CT molecular complexity index is 179. The van der Waals surface area contributed by atoms with E-state index in [1.54, 1.807) is 7.11 Å². The van der Waals surface area contributed by atoms with Crippen LogP contribution >= 0.6 is 0 Å². The van der Waals surface area contributed by atoms with E-state index >= 15 is 0 Å². The molecule has 2 N–H and O–H groups in total. The fourth-order valence-electron chi connectivity index (χ4n) is 2.86. The summed E-state index contributed by atoms with van der Waals surface area (Å²) in [5, 5.41) is 0. The van der Waals surface area contributed by atoms with Crippen LogP contribution in [-0.4, -0.2) is 45.3 Å². The van der Waals surface area contributed by atoms with Gasteiger partial charge in [0, 0.05) is 26.8 Å². The maximum Gasteiger partial charge on any atom is 0.0474 e. The molecule has 0 aromatic rings. The maximum absolute atomic E-state index is 5.99. The largest absolute Gasteiger partial charge is 0.385 e. The number of hydrogen-bond acceptors (Lipinski definition) is 3. The molecule has 0 aromatic carbocycles. The van der Waals surface area contributed by atoms with E-state index in [1.165, 1.54) is 32.1 Å². The average Bonchev–Trinajstić information content (AvgIpc) is 2.30. The van der Waals surface area contributed by atoms with Crippen molar-refractivity contribution in [3.63, 3.8) is 0 Å². The Labute approximate surface area is 100 Å². The molecule has 0 amide bonds. The van der Waals surface area contributed by atoms with Gasteiger partial charge in [-0.05, 0) is 38.3 Å². The van der Waals surface area contributed by atoms with Crippen LogP contribution in [0.5, 0.6) is 0 Å². The van der Waals surface area contributed by atoms with Gasteiger partial charge in [-0.2, -0.15) is 0 Å². The van der Waals surface area contributed by atoms with Gasteiger partial charge >= 0.3 is 0 Å². The summed E-state index contributed by atoms with van der Waals surface area (Å²) < 4.78 is 5.08. The lowest BCUT2D eigenvalue weighted by molar-refractivity contribution is 0.117. The molecule has 1 saturated carbocycles. The Morgan fingerprint density at radius 3 is 2.50 bits per heavy atom. The number of ether oxygens (including phenoxy) is 1. The zero-order valence-electron chi connectivity index (χ0n) is 11.0. The molecular formula is C13H28N2O. The smallest absolute Gasteiger partial charge is 0.0474 e. The predicted molar refractivity (Wildman–Crippen MR) is 68.6 cm³/mol. The lowest BCUT2D eigenvalue weighted by Gasteiger charge is -2.39. The summed E-state index contributed by atoms with van der Waals surface area (Å²) in [7, 11) is 3.98. The molecule has 96 valence electrons. The third-order valence-electron chi connectivity index (χ3n) is 3.84. The molecule has 0 spiro atoms. The molecule has 0 heterocycles. The van der Waals surface area contributed by atoms with Crippen molar-refractivity contribution in [1.82, 2.24) is 4.90 Å². The van der Waals surface area contributed by atoms with E-state index in [1.807, 2.05) is 0 Å². The van der Waals surface area contributed by atoms with Gasteiger partial charge in [-0.1, -0.05) is 19.3 Å². The van der Waals surface area contributed by atoms with E-state index in [0.29, 0.717) is 5.41 Å². The van der Waals surface area contributed by atoms with Gasteiger partial charge in [0.25, 0.3) is 0 Å². The Hall–Kier alpha value is -0.120. The average molecular weight is 228 g/mol. The van der Waals surface area contributed by atoms with E-state index in [9.17, 15) is 0 Å². The minimum Gasteiger partial charge on any atom is -0.385 e. The third kappa shape index (κ3) is 4.40. The second-order valence-electron chi connectivity index (χ2n) is 5.35. The van der Waals surface area contributed by atoms with Crippen LogP contribution < -0.4 is 5.73 Å². The van der Waals surface area contributed by atoms with E-state index in [0.717, 1.165) is 32.7 Å². The van der Waals surface area contributed by atoms with Crippen molar-refractivity contribution in [1.29, 1.82) is 0 Å². The van der Waals surface area contributed by atoms with E-state index in [2.05, 4.69) is 11.9 Å². The Morgan fingerprint density at radius 1 is 1.25 bits per heavy atom. The summed E-state index contributed by atoms with van der Waals surface area (Å²) in [6.07, 6.45) is 7.88. The van der Waals surface area contributed by atoms with Gasteiger partial charge in [0.2, 0.25) is 0 Å². The van der Waals surface area contributed by atoms with Crippen LogP contribution in [-0.2, 0) is 4.74 Å². The Kier molecular flexibility index (Phi) is 6.32. The fraction of sp³-hybridized carbons (Fsp3) is 1.00. The highest BCUT2D eigenvalue weighted by Crippen LogP contribution is 2.35. The van der Waals surface area contributed by atoms with Crippen LogP contribution in [0.15, 0.2) is 0 Å². The first kappa shape index (κ1) is 13.9. The van der Waals surface area contributed by atoms with Crippen molar-refractivity contribution in [3.05, 3.63) is 0 Å². The Morgan fingerprint density at radius 2 is 1.94 bits per heavy atom. The van der Waals surface area contributed by atoms with Crippen LogP contribution in [0.3, 0.4) is 0 Å². The van der Waals surface area contributed by atoms with Gasteiger partial charge in [0.15, 0.2) is 0 Å². The van der Waals surface area contributed by atoms with Crippen LogP contribution in [0.4, 0.5) is 0 Å².